The third-order valence-electron chi connectivity index (χ3n) is 7.51. The van der Waals surface area contributed by atoms with E-state index in [1.807, 2.05) is 61.5 Å². The topological polar surface area (TPSA) is 126 Å². The quantitative estimate of drug-likeness (QED) is 0.113. The summed E-state index contributed by atoms with van der Waals surface area (Å²) >= 11 is 1.20. The summed E-state index contributed by atoms with van der Waals surface area (Å²) in [7, 11) is 0. The Balaban J connectivity index is 1.42. The standard InChI is InChI=1S/C35H29N3O7S/c1-4-43-34(40)31-22(3)36-35-37(32(31)29-16-15-28(45-29)27-19-25(38(41)42)14-13-21(27)2)33(39)30(46-35)18-24-11-8-12-26(17-24)44-20-23-9-6-5-7-10-23/h5-19,32H,4,20H2,1-3H3/b30-18-/t32-/m1/s1. The fourth-order valence-electron chi connectivity index (χ4n) is 5.28. The molecule has 3 aromatic carbocycles. The molecule has 3 heterocycles. The third-order valence-corrected chi connectivity index (χ3v) is 8.50. The lowest BCUT2D eigenvalue weighted by Crippen LogP contribution is -2.39. The lowest BCUT2D eigenvalue weighted by molar-refractivity contribution is -0.384. The summed E-state index contributed by atoms with van der Waals surface area (Å²) in [4.78, 5) is 43.3. The number of nitro benzene ring substituents is 1. The van der Waals surface area contributed by atoms with Crippen molar-refractivity contribution in [1.29, 1.82) is 0 Å². The van der Waals surface area contributed by atoms with E-state index in [1.165, 1.54) is 28.0 Å². The molecule has 0 aliphatic carbocycles. The summed E-state index contributed by atoms with van der Waals surface area (Å²) in [5.41, 5.74) is 3.23. The average molecular weight is 636 g/mol. The van der Waals surface area contributed by atoms with Gasteiger partial charge in [0, 0.05) is 17.7 Å². The van der Waals surface area contributed by atoms with Crippen molar-refractivity contribution in [2.24, 2.45) is 4.99 Å². The van der Waals surface area contributed by atoms with Gasteiger partial charge in [0.05, 0.1) is 27.3 Å². The summed E-state index contributed by atoms with van der Waals surface area (Å²) in [5, 5.41) is 11.4. The van der Waals surface area contributed by atoms with E-state index >= 15 is 0 Å². The van der Waals surface area contributed by atoms with Gasteiger partial charge in [0.2, 0.25) is 0 Å². The van der Waals surface area contributed by atoms with Crippen molar-refractivity contribution in [3.63, 3.8) is 0 Å². The van der Waals surface area contributed by atoms with Gasteiger partial charge in [-0.25, -0.2) is 9.79 Å². The molecule has 5 aromatic rings. The summed E-state index contributed by atoms with van der Waals surface area (Å²) < 4.78 is 19.5. The Morgan fingerprint density at radius 3 is 2.63 bits per heavy atom. The molecule has 0 amide bonds. The van der Waals surface area contributed by atoms with Crippen LogP contribution in [0, 0.1) is 17.0 Å². The van der Waals surface area contributed by atoms with Crippen LogP contribution >= 0.6 is 11.3 Å². The van der Waals surface area contributed by atoms with Crippen molar-refractivity contribution in [3.8, 4) is 17.1 Å². The van der Waals surface area contributed by atoms with Gasteiger partial charge in [0.1, 0.15) is 29.9 Å². The smallest absolute Gasteiger partial charge is 0.338 e. The molecule has 0 saturated heterocycles. The van der Waals surface area contributed by atoms with Crippen LogP contribution in [0.3, 0.4) is 0 Å². The maximum absolute atomic E-state index is 14.0. The monoisotopic (exact) mass is 635 g/mol. The molecule has 46 heavy (non-hydrogen) atoms. The zero-order valence-electron chi connectivity index (χ0n) is 25.3. The SMILES string of the molecule is CCOC(=O)C1=C(C)N=c2s/c(=C\c3cccc(OCc4ccccc4)c3)c(=O)n2[C@@H]1c1ccc(-c2cc([N+](=O)[O-])ccc2C)o1. The molecule has 0 unspecified atom stereocenters. The number of carbonyl (C=O) groups is 1. The molecule has 0 radical (unpaired) electrons. The second kappa shape index (κ2) is 12.8. The number of aromatic nitrogens is 1. The minimum absolute atomic E-state index is 0.0796. The predicted molar refractivity (Wildman–Crippen MR) is 173 cm³/mol. The molecule has 10 nitrogen and oxygen atoms in total. The molecule has 0 spiro atoms. The normalized spacial score (nSPS) is 14.5. The van der Waals surface area contributed by atoms with Gasteiger partial charge in [-0.05, 0) is 67.8 Å². The van der Waals surface area contributed by atoms with Crippen LogP contribution in [0.5, 0.6) is 5.75 Å². The number of rotatable bonds is 9. The molecule has 1 atom stereocenters. The summed E-state index contributed by atoms with van der Waals surface area (Å²) in [5.74, 6) is 0.699. The Morgan fingerprint density at radius 1 is 1.07 bits per heavy atom. The number of allylic oxidation sites excluding steroid dienone is 1. The van der Waals surface area contributed by atoms with Crippen LogP contribution in [0.2, 0.25) is 0 Å². The first-order chi connectivity index (χ1) is 22.2. The maximum Gasteiger partial charge on any atom is 0.338 e. The highest BCUT2D eigenvalue weighted by Gasteiger charge is 2.35. The Hall–Kier alpha value is -5.55. The van der Waals surface area contributed by atoms with E-state index < -0.39 is 16.9 Å². The minimum atomic E-state index is -0.967. The fourth-order valence-corrected chi connectivity index (χ4v) is 6.33. The van der Waals surface area contributed by atoms with E-state index in [9.17, 15) is 19.7 Å². The van der Waals surface area contributed by atoms with Gasteiger partial charge < -0.3 is 13.9 Å². The highest BCUT2D eigenvalue weighted by molar-refractivity contribution is 7.07. The molecular formula is C35H29N3O7S. The number of non-ortho nitro benzene ring substituents is 1. The number of fused-ring (bicyclic) bond motifs is 1. The van der Waals surface area contributed by atoms with E-state index in [1.54, 1.807) is 38.1 Å². The number of hydrogen-bond donors (Lipinski definition) is 0. The number of aryl methyl sites for hydroxylation is 1. The molecule has 1 aliphatic heterocycles. The first-order valence-corrected chi connectivity index (χ1v) is 15.4. The lowest BCUT2D eigenvalue weighted by Gasteiger charge is -2.22. The third kappa shape index (κ3) is 6.04. The molecule has 0 bridgehead atoms. The molecule has 0 fully saturated rings. The number of thiazole rings is 1. The van der Waals surface area contributed by atoms with Gasteiger partial charge in [-0.15, -0.1) is 0 Å². The zero-order valence-corrected chi connectivity index (χ0v) is 26.1. The van der Waals surface area contributed by atoms with Crippen LogP contribution < -0.4 is 19.6 Å². The highest BCUT2D eigenvalue weighted by atomic mass is 32.1. The summed E-state index contributed by atoms with van der Waals surface area (Å²) in [6, 6.07) is 24.2. The molecule has 0 N–H and O–H groups in total. The van der Waals surface area contributed by atoms with Crippen LogP contribution in [-0.2, 0) is 16.1 Å². The first-order valence-electron chi connectivity index (χ1n) is 14.5. The molecule has 11 heteroatoms. The van der Waals surface area contributed by atoms with Crippen molar-refractivity contribution in [3.05, 3.63) is 148 Å². The average Bonchev–Trinajstić information content (AvgIpc) is 3.65. The van der Waals surface area contributed by atoms with Crippen LogP contribution in [-0.4, -0.2) is 22.1 Å². The fraction of sp³-hybridized carbons (Fsp3) is 0.171. The van der Waals surface area contributed by atoms with E-state index in [4.69, 9.17) is 13.9 Å². The Morgan fingerprint density at radius 2 is 1.87 bits per heavy atom. The van der Waals surface area contributed by atoms with Crippen molar-refractivity contribution in [2.45, 2.75) is 33.4 Å². The predicted octanol–water partition coefficient (Wildman–Crippen LogP) is 5.85. The number of nitro groups is 1. The number of carbonyl (C=O) groups excluding carboxylic acids is 1. The number of nitrogens with zero attached hydrogens (tertiary/aromatic N) is 3. The van der Waals surface area contributed by atoms with E-state index in [-0.39, 0.29) is 23.4 Å². The molecule has 0 saturated carbocycles. The Labute approximate surface area is 267 Å². The molecule has 2 aromatic heterocycles. The molecular weight excluding hydrogens is 606 g/mol. The molecule has 6 rings (SSSR count). The van der Waals surface area contributed by atoms with Gasteiger partial charge in [0.15, 0.2) is 4.80 Å². The van der Waals surface area contributed by atoms with Gasteiger partial charge in [-0.1, -0.05) is 59.9 Å². The van der Waals surface area contributed by atoms with E-state index in [2.05, 4.69) is 4.99 Å². The van der Waals surface area contributed by atoms with Gasteiger partial charge in [-0.2, -0.15) is 0 Å². The van der Waals surface area contributed by atoms with Gasteiger partial charge in [0.25, 0.3) is 11.2 Å². The second-order valence-electron chi connectivity index (χ2n) is 10.6. The number of ether oxygens (including phenoxy) is 2. The highest BCUT2D eigenvalue weighted by Crippen LogP contribution is 2.36. The van der Waals surface area contributed by atoms with Crippen molar-refractivity contribution < 1.29 is 23.6 Å². The summed E-state index contributed by atoms with van der Waals surface area (Å²) in [6.07, 6.45) is 1.76. The number of benzene rings is 3. The van der Waals surface area contributed by atoms with Crippen molar-refractivity contribution >= 4 is 29.1 Å². The van der Waals surface area contributed by atoms with Crippen molar-refractivity contribution in [1.82, 2.24) is 4.57 Å². The van der Waals surface area contributed by atoms with Crippen LogP contribution in [0.1, 0.15) is 42.3 Å². The largest absolute Gasteiger partial charge is 0.489 e. The Bertz CT molecular complexity index is 2180. The van der Waals surface area contributed by atoms with Crippen LogP contribution in [0.4, 0.5) is 5.69 Å². The van der Waals surface area contributed by atoms with E-state index in [0.29, 0.717) is 44.5 Å². The lowest BCUT2D eigenvalue weighted by atomic mass is 10.0. The first kappa shape index (κ1) is 30.5. The second-order valence-corrected chi connectivity index (χ2v) is 11.6. The van der Waals surface area contributed by atoms with Gasteiger partial charge in [-0.3, -0.25) is 19.5 Å². The number of furan rings is 1. The summed E-state index contributed by atoms with van der Waals surface area (Å²) in [6.45, 7) is 5.75. The van der Waals surface area contributed by atoms with Gasteiger partial charge >= 0.3 is 5.97 Å². The van der Waals surface area contributed by atoms with Crippen molar-refractivity contribution in [2.75, 3.05) is 6.61 Å². The zero-order chi connectivity index (χ0) is 32.4. The van der Waals surface area contributed by atoms with Crippen LogP contribution in [0.15, 0.2) is 110 Å². The number of hydrogen-bond acceptors (Lipinski definition) is 9. The molecule has 1 aliphatic rings. The maximum atomic E-state index is 14.0. The van der Waals surface area contributed by atoms with Crippen LogP contribution in [0.25, 0.3) is 17.4 Å². The minimum Gasteiger partial charge on any atom is -0.489 e. The van der Waals surface area contributed by atoms with E-state index in [0.717, 1.165) is 16.7 Å². The number of esters is 1. The Kier molecular flexibility index (Phi) is 8.49. The molecule has 232 valence electrons.